The fourth-order valence-electron chi connectivity index (χ4n) is 4.35. The number of hydrogen-bond donors (Lipinski definition) is 1. The summed E-state index contributed by atoms with van der Waals surface area (Å²) in [6, 6.07) is 6.73. The Morgan fingerprint density at radius 1 is 1.21 bits per heavy atom. The molecule has 0 radical (unpaired) electrons. The number of alkyl halides is 3. The second-order valence-electron chi connectivity index (χ2n) is 9.32. The lowest BCUT2D eigenvalue weighted by atomic mass is 10.0. The van der Waals surface area contributed by atoms with Crippen LogP contribution in [-0.4, -0.2) is 69.5 Å². The molecule has 1 fully saturated rings. The predicted molar refractivity (Wildman–Crippen MR) is 140 cm³/mol. The van der Waals surface area contributed by atoms with E-state index in [1.54, 1.807) is 0 Å². The molecule has 1 amide bonds. The third-order valence-electron chi connectivity index (χ3n) is 6.41. The van der Waals surface area contributed by atoms with E-state index in [1.165, 1.54) is 31.2 Å². The van der Waals surface area contributed by atoms with Gasteiger partial charge >= 0.3 is 6.36 Å². The van der Waals surface area contributed by atoms with Crippen molar-refractivity contribution in [1.82, 2.24) is 15.1 Å². The van der Waals surface area contributed by atoms with Crippen LogP contribution in [0.15, 0.2) is 35.2 Å². The van der Waals surface area contributed by atoms with Gasteiger partial charge in [0, 0.05) is 46.8 Å². The van der Waals surface area contributed by atoms with Gasteiger partial charge in [0.2, 0.25) is 0 Å². The Labute approximate surface area is 230 Å². The fraction of sp³-hybridized carbons (Fsp3) is 0.480. The number of ether oxygens (including phenoxy) is 1. The van der Waals surface area contributed by atoms with Gasteiger partial charge in [-0.05, 0) is 69.4 Å². The van der Waals surface area contributed by atoms with Crippen LogP contribution in [0.1, 0.15) is 41.3 Å². The van der Waals surface area contributed by atoms with Gasteiger partial charge in [-0.2, -0.15) is 0 Å². The summed E-state index contributed by atoms with van der Waals surface area (Å²) in [5.41, 5.74) is 0.221. The summed E-state index contributed by atoms with van der Waals surface area (Å²) < 4.78 is 69.0. The van der Waals surface area contributed by atoms with Crippen molar-refractivity contribution in [2.75, 3.05) is 32.9 Å². The summed E-state index contributed by atoms with van der Waals surface area (Å²) in [5, 5.41) is 2.77. The molecule has 38 heavy (non-hydrogen) atoms. The molecule has 1 N–H and O–H groups in total. The Kier molecular flexibility index (Phi) is 9.97. The van der Waals surface area contributed by atoms with E-state index >= 15 is 0 Å². The number of piperidine rings is 1. The lowest BCUT2D eigenvalue weighted by Crippen LogP contribution is -2.44. The highest BCUT2D eigenvalue weighted by atomic mass is 35.5. The molecule has 3 rings (SSSR count). The molecule has 1 saturated heterocycles. The molecule has 0 saturated carbocycles. The van der Waals surface area contributed by atoms with Crippen molar-refractivity contribution in [3.8, 4) is 5.75 Å². The summed E-state index contributed by atoms with van der Waals surface area (Å²) in [4.78, 5) is 17.0. The maximum atomic E-state index is 13.3. The normalized spacial score (nSPS) is 17.0. The number of carbonyl (C=O) groups excluding carboxylic acids is 1. The van der Waals surface area contributed by atoms with Crippen molar-refractivity contribution in [3.63, 3.8) is 0 Å². The van der Waals surface area contributed by atoms with Gasteiger partial charge in [-0.1, -0.05) is 30.1 Å². The zero-order valence-electron chi connectivity index (χ0n) is 21.2. The summed E-state index contributed by atoms with van der Waals surface area (Å²) in [6.45, 7) is 2.74. The number of hydrogen-bond acceptors (Lipinski definition) is 6. The molecule has 0 spiro atoms. The second-order valence-corrected chi connectivity index (χ2v) is 12.4. The number of nitrogens with zero attached hydrogens (tertiary/aromatic N) is 2. The van der Waals surface area contributed by atoms with Crippen molar-refractivity contribution in [3.05, 3.63) is 57.1 Å². The molecule has 0 aliphatic carbocycles. The van der Waals surface area contributed by atoms with E-state index in [4.69, 9.17) is 23.2 Å². The molecule has 1 aliphatic rings. The summed E-state index contributed by atoms with van der Waals surface area (Å²) in [5.74, 6) is -1.47. The minimum Gasteiger partial charge on any atom is -0.405 e. The van der Waals surface area contributed by atoms with Gasteiger partial charge in [0.15, 0.2) is 9.84 Å². The minimum absolute atomic E-state index is 0.0109. The highest BCUT2D eigenvalue weighted by molar-refractivity contribution is 7.91. The molecule has 210 valence electrons. The molecule has 7 nitrogen and oxygen atoms in total. The SMILES string of the molecule is CCS(=O)(=O)c1ccc(Cl)cc1CNC(=O)c1cc(Cl)c(CN2CCCC(N(C)C)C2)c(OC(F)(F)F)c1. The topological polar surface area (TPSA) is 79.0 Å². The van der Waals surface area contributed by atoms with Gasteiger partial charge in [0.05, 0.1) is 10.6 Å². The van der Waals surface area contributed by atoms with E-state index < -0.39 is 27.9 Å². The molecule has 2 aromatic rings. The van der Waals surface area contributed by atoms with E-state index in [0.717, 1.165) is 18.9 Å². The first-order valence-corrected chi connectivity index (χ1v) is 14.4. The number of nitrogens with one attached hydrogen (secondary N) is 1. The number of rotatable bonds is 9. The van der Waals surface area contributed by atoms with E-state index in [2.05, 4.69) is 15.0 Å². The number of likely N-dealkylation sites (N-methyl/N-ethyl adjacent to an activating group) is 1. The van der Waals surface area contributed by atoms with Crippen LogP contribution in [0, 0.1) is 0 Å². The first-order chi connectivity index (χ1) is 17.7. The van der Waals surface area contributed by atoms with Gasteiger partial charge in [-0.25, -0.2) is 8.42 Å². The number of benzene rings is 2. The molecule has 1 unspecified atom stereocenters. The van der Waals surface area contributed by atoms with E-state index in [0.29, 0.717) is 13.1 Å². The average molecular weight is 596 g/mol. The standard InChI is InChI=1S/C25H30Cl2F3N3O4S/c1-4-38(35,36)23-8-7-18(26)10-17(23)13-31-24(34)16-11-21(27)20(22(12-16)37-25(28,29)30)15-33-9-5-6-19(14-33)32(2)3/h7-8,10-12,19H,4-6,9,13-15H2,1-3H3,(H,31,34). The molecule has 13 heteroatoms. The van der Waals surface area contributed by atoms with Crippen molar-refractivity contribution in [1.29, 1.82) is 0 Å². The largest absolute Gasteiger partial charge is 0.573 e. The van der Waals surface area contributed by atoms with Crippen molar-refractivity contribution in [2.24, 2.45) is 0 Å². The van der Waals surface area contributed by atoms with Gasteiger partial charge in [-0.3, -0.25) is 9.69 Å². The first kappa shape index (κ1) is 30.5. The molecular formula is C25H30Cl2F3N3O4S. The van der Waals surface area contributed by atoms with Gasteiger partial charge in [0.1, 0.15) is 5.75 Å². The third kappa shape index (κ3) is 7.98. The molecule has 0 aromatic heterocycles. The van der Waals surface area contributed by atoms with Gasteiger partial charge in [-0.15, -0.1) is 13.2 Å². The first-order valence-electron chi connectivity index (χ1n) is 12.0. The van der Waals surface area contributed by atoms with Crippen molar-refractivity contribution in [2.45, 2.75) is 50.2 Å². The highest BCUT2D eigenvalue weighted by Gasteiger charge is 2.34. The van der Waals surface area contributed by atoms with Gasteiger partial charge < -0.3 is 15.0 Å². The number of amides is 1. The smallest absolute Gasteiger partial charge is 0.405 e. The fourth-order valence-corrected chi connectivity index (χ4v) is 5.94. The third-order valence-corrected chi connectivity index (χ3v) is 8.81. The average Bonchev–Trinajstić information content (AvgIpc) is 2.83. The number of sulfone groups is 1. The van der Waals surface area contributed by atoms with Crippen LogP contribution in [0.5, 0.6) is 5.75 Å². The molecule has 1 aliphatic heterocycles. The van der Waals surface area contributed by atoms with Crippen LogP contribution in [0.2, 0.25) is 10.0 Å². The molecule has 2 aromatic carbocycles. The number of carbonyl (C=O) groups is 1. The quantitative estimate of drug-likeness (QED) is 0.432. The Morgan fingerprint density at radius 2 is 1.92 bits per heavy atom. The Balaban J connectivity index is 1.87. The Bertz CT molecular complexity index is 1270. The lowest BCUT2D eigenvalue weighted by Gasteiger charge is -2.36. The monoisotopic (exact) mass is 595 g/mol. The van der Waals surface area contributed by atoms with Crippen LogP contribution >= 0.6 is 23.2 Å². The van der Waals surface area contributed by atoms with Crippen molar-refractivity contribution < 1.29 is 31.1 Å². The van der Waals surface area contributed by atoms with Crippen LogP contribution < -0.4 is 10.1 Å². The van der Waals surface area contributed by atoms with E-state index in [-0.39, 0.29) is 56.5 Å². The van der Waals surface area contributed by atoms with Gasteiger partial charge in [0.25, 0.3) is 5.91 Å². The number of halogens is 5. The van der Waals surface area contributed by atoms with Crippen LogP contribution in [-0.2, 0) is 22.9 Å². The predicted octanol–water partition coefficient (Wildman–Crippen LogP) is 5.14. The van der Waals surface area contributed by atoms with E-state index in [1.807, 2.05) is 19.0 Å². The zero-order valence-corrected chi connectivity index (χ0v) is 23.6. The summed E-state index contributed by atoms with van der Waals surface area (Å²) >= 11 is 12.4. The Morgan fingerprint density at radius 3 is 2.55 bits per heavy atom. The van der Waals surface area contributed by atoms with Crippen molar-refractivity contribution >= 4 is 38.9 Å². The minimum atomic E-state index is -4.99. The number of likely N-dealkylation sites (tertiary alicyclic amines) is 1. The molecular weight excluding hydrogens is 566 g/mol. The molecule has 0 bridgehead atoms. The van der Waals surface area contributed by atoms with E-state index in [9.17, 15) is 26.4 Å². The van der Waals surface area contributed by atoms with Crippen LogP contribution in [0.25, 0.3) is 0 Å². The molecule has 1 heterocycles. The highest BCUT2D eigenvalue weighted by Crippen LogP contribution is 2.34. The second kappa shape index (κ2) is 12.4. The zero-order chi connectivity index (χ0) is 28.3. The summed E-state index contributed by atoms with van der Waals surface area (Å²) in [6.07, 6.45) is -3.13. The maximum absolute atomic E-state index is 13.3. The van der Waals surface area contributed by atoms with Crippen LogP contribution in [0.4, 0.5) is 13.2 Å². The summed E-state index contributed by atoms with van der Waals surface area (Å²) in [7, 11) is 0.305. The lowest BCUT2D eigenvalue weighted by molar-refractivity contribution is -0.275. The molecule has 1 atom stereocenters. The van der Waals surface area contributed by atoms with Crippen LogP contribution in [0.3, 0.4) is 0 Å². The maximum Gasteiger partial charge on any atom is 0.573 e. The Hall–Kier alpha value is -2.05.